The van der Waals surface area contributed by atoms with Gasteiger partial charge in [0, 0.05) is 123 Å². The third kappa shape index (κ3) is 14.2. The molecule has 27 aromatic rings. The number of nitrogens with one attached hydrogen (secondary N) is 1. The van der Waals surface area contributed by atoms with E-state index < -0.39 is 10.8 Å². The van der Waals surface area contributed by atoms with Gasteiger partial charge in [-0.15, -0.1) is 0 Å². The molecule has 9 heteroatoms. The Morgan fingerprint density at radius 2 is 0.401 bits per heavy atom. The summed E-state index contributed by atoms with van der Waals surface area (Å²) in [6, 6.07) is 187. The minimum Gasteiger partial charge on any atom is -0.456 e. The number of nitrogens with zero attached hydrogens (tertiary/aromatic N) is 2. The first-order chi connectivity index (χ1) is 72.1. The van der Waals surface area contributed by atoms with Gasteiger partial charge in [0.25, 0.3) is 0 Å². The molecule has 30 rings (SSSR count). The lowest BCUT2D eigenvalue weighted by Crippen LogP contribution is -2.28. The van der Waals surface area contributed by atoms with Crippen molar-refractivity contribution in [1.29, 1.82) is 0 Å². The number of fused-ring (bicyclic) bond motifs is 23. The second-order valence-electron chi connectivity index (χ2n) is 38.3. The zero-order chi connectivity index (χ0) is 96.7. The molecule has 0 saturated carbocycles. The van der Waals surface area contributed by atoms with Crippen molar-refractivity contribution < 1.29 is 17.7 Å². The van der Waals surface area contributed by atoms with Crippen molar-refractivity contribution in [3.8, 4) is 33.4 Å². The quantitative estimate of drug-likeness (QED) is 0.116. The molecule has 0 amide bonds. The first-order valence-corrected chi connectivity index (χ1v) is 50.3. The highest BCUT2D eigenvalue weighted by Crippen LogP contribution is 2.61. The number of benzene rings is 23. The van der Waals surface area contributed by atoms with Crippen LogP contribution in [0.2, 0.25) is 10.0 Å². The van der Waals surface area contributed by atoms with E-state index in [1.165, 1.54) is 100 Å². The highest BCUT2D eigenvalue weighted by molar-refractivity contribution is 6.32. The Kier molecular flexibility index (Phi) is 21.1. The predicted molar refractivity (Wildman–Crippen MR) is 611 cm³/mol. The molecular formula is C138H91Cl2N3O4. The van der Waals surface area contributed by atoms with Gasteiger partial charge in [0.15, 0.2) is 0 Å². The average molecular weight is 1930 g/mol. The third-order valence-electron chi connectivity index (χ3n) is 30.4. The zero-order valence-electron chi connectivity index (χ0n) is 78.9. The fourth-order valence-corrected chi connectivity index (χ4v) is 24.6. The van der Waals surface area contributed by atoms with Gasteiger partial charge in [-0.3, -0.25) is 0 Å². The van der Waals surface area contributed by atoms with E-state index in [2.05, 4.69) is 494 Å². The van der Waals surface area contributed by atoms with Crippen LogP contribution in [0.3, 0.4) is 0 Å². The summed E-state index contributed by atoms with van der Waals surface area (Å²) in [7, 11) is 0. The third-order valence-corrected chi connectivity index (χ3v) is 30.9. The number of furan rings is 4. The van der Waals surface area contributed by atoms with Crippen LogP contribution < -0.4 is 15.1 Å². The monoisotopic (exact) mass is 1920 g/mol. The Hall–Kier alpha value is -18.2. The maximum absolute atomic E-state index is 6.94. The second-order valence-corrected chi connectivity index (χ2v) is 39.1. The number of hydrogen-bond acceptors (Lipinski definition) is 7. The molecular weight excluding hydrogens is 1830 g/mol. The fraction of sp³-hybridized carbons (Fsp3) is 0.0290. The van der Waals surface area contributed by atoms with Crippen molar-refractivity contribution in [3.63, 3.8) is 0 Å². The summed E-state index contributed by atoms with van der Waals surface area (Å²) in [6.07, 6.45) is 0. The van der Waals surface area contributed by atoms with Crippen LogP contribution in [0.15, 0.2) is 539 Å². The van der Waals surface area contributed by atoms with Gasteiger partial charge < -0.3 is 32.8 Å². The SMILES string of the molecule is C.Clc1ccc2c(c1)oc1cc3cc4c(cc3cc12)oc1cc(Cl)ccc14.c1ccc(N(c2cccc(C3(c4ccccc4)c4ccccc4-c4ccccc43)c2)c2ccc3c(c2)oc2cc4cc5c(cc4cc23)oc2cc(N(c3ccccc3)c3cccc(C4(c6ccccc6)c6ccccc6-c6ccccc64)c3)ccc25)cc1.c1ccc(Nc2cccc(C3(c4ccccc4)c4ccccc4-c4ccccc43)c2)cc1. The number of anilines is 8. The fourth-order valence-electron chi connectivity index (χ4n) is 24.2. The molecule has 4 aromatic heterocycles. The lowest BCUT2D eigenvalue weighted by molar-refractivity contribution is 0.668. The molecule has 0 fully saturated rings. The van der Waals surface area contributed by atoms with E-state index in [1.807, 2.05) is 42.5 Å². The van der Waals surface area contributed by atoms with Crippen molar-refractivity contribution in [3.05, 3.63) is 599 Å². The Balaban J connectivity index is 0.000000146. The summed E-state index contributed by atoms with van der Waals surface area (Å²) in [5.41, 5.74) is 36.6. The van der Waals surface area contributed by atoms with Gasteiger partial charge in [-0.25, -0.2) is 0 Å². The molecule has 0 radical (unpaired) electrons. The smallest absolute Gasteiger partial charge is 0.137 e. The maximum Gasteiger partial charge on any atom is 0.137 e. The summed E-state index contributed by atoms with van der Waals surface area (Å²) >= 11 is 12.2. The van der Waals surface area contributed by atoms with E-state index in [0.29, 0.717) is 10.0 Å². The van der Waals surface area contributed by atoms with Crippen LogP contribution in [0, 0.1) is 0 Å². The lowest BCUT2D eigenvalue weighted by Gasteiger charge is -2.35. The lowest BCUT2D eigenvalue weighted by atomic mass is 9.67. The summed E-state index contributed by atoms with van der Waals surface area (Å²) < 4.78 is 25.9. The molecule has 0 atom stereocenters. The Labute approximate surface area is 859 Å². The molecule has 0 saturated heterocycles. The Morgan fingerprint density at radius 3 is 0.721 bits per heavy atom. The normalized spacial score (nSPS) is 13.1. The molecule has 1 N–H and O–H groups in total. The highest BCUT2D eigenvalue weighted by Gasteiger charge is 2.50. The van der Waals surface area contributed by atoms with Crippen LogP contribution in [-0.2, 0) is 16.2 Å². The molecule has 3 aliphatic rings. The molecule has 0 aliphatic heterocycles. The van der Waals surface area contributed by atoms with Crippen molar-refractivity contribution in [2.45, 2.75) is 23.7 Å². The molecule has 3 aliphatic carbocycles. The van der Waals surface area contributed by atoms with E-state index in [4.69, 9.17) is 40.9 Å². The number of rotatable bonds is 14. The van der Waals surface area contributed by atoms with Crippen molar-refractivity contribution in [1.82, 2.24) is 0 Å². The average Bonchev–Trinajstić information content (AvgIpc) is 1.55. The van der Waals surface area contributed by atoms with Crippen molar-refractivity contribution >= 4 is 178 Å². The van der Waals surface area contributed by atoms with Crippen LogP contribution in [0.4, 0.5) is 45.5 Å². The number of hydrogen-bond donors (Lipinski definition) is 1. The summed E-state index contributed by atoms with van der Waals surface area (Å²) in [6.45, 7) is 0. The van der Waals surface area contributed by atoms with Gasteiger partial charge in [-0.1, -0.05) is 358 Å². The van der Waals surface area contributed by atoms with Crippen LogP contribution >= 0.6 is 23.2 Å². The van der Waals surface area contributed by atoms with Gasteiger partial charge in [-0.05, 0) is 292 Å². The molecule has 0 bridgehead atoms. The van der Waals surface area contributed by atoms with Gasteiger partial charge in [0.2, 0.25) is 0 Å². The van der Waals surface area contributed by atoms with E-state index >= 15 is 0 Å². The second kappa shape index (κ2) is 35.4. The minimum absolute atomic E-state index is 0. The van der Waals surface area contributed by atoms with Crippen molar-refractivity contribution in [2.24, 2.45) is 0 Å². The molecule has 0 unspecified atom stereocenters. The molecule has 696 valence electrons. The van der Waals surface area contributed by atoms with E-state index in [-0.39, 0.29) is 12.8 Å². The summed E-state index contributed by atoms with van der Waals surface area (Å²) in [5.74, 6) is 0. The zero-order valence-corrected chi connectivity index (χ0v) is 80.4. The van der Waals surface area contributed by atoms with Gasteiger partial charge >= 0.3 is 0 Å². The number of halogens is 2. The standard InChI is InChI=1S/C84H54N2O2.C31H23N.C22H10Cl2O2.CH4/c1-5-23-57(24-6-1)83(75-39-17-13-35-67(75)68-36-14-18-40-76(68)83)59-27-21-33-63(51-59)85(61-29-9-3-10-30-61)65-43-45-71-73-47-55-50-80-74(48-56(55)49-79(73)87-81(71)53-65)72-46-44-66(54-82(72)88-80)86(62-31-11-4-12-32-62)64-34-22-28-60(52-64)84(58-25-7-2-8-26-58)77-41-19-15-37-69(77)70-38-16-20-42-78(70)84;1-3-12-23(13-4-1)31(24-14-11-17-26(22-24)32-25-15-5-2-6-16-25)29-20-9-7-18-27(29)28-19-8-10-21-30(28)31;23-13-1-3-15-17-5-11-8-20-18(16-4-2-14(24)10-22(16)26-20)6-12(11)7-19(17)25-21(15)9-13;/h1-54H;1-22,32H;1-10H;1H4. The maximum atomic E-state index is 6.94. The van der Waals surface area contributed by atoms with E-state index in [0.717, 1.165) is 155 Å². The van der Waals surface area contributed by atoms with Crippen LogP contribution in [0.5, 0.6) is 0 Å². The van der Waals surface area contributed by atoms with Gasteiger partial charge in [0.05, 0.1) is 16.2 Å². The van der Waals surface area contributed by atoms with Crippen LogP contribution in [-0.4, -0.2) is 0 Å². The number of para-hydroxylation sites is 3. The van der Waals surface area contributed by atoms with Gasteiger partial charge in [-0.2, -0.15) is 0 Å². The van der Waals surface area contributed by atoms with Gasteiger partial charge in [0.1, 0.15) is 44.7 Å². The molecule has 23 aromatic carbocycles. The summed E-state index contributed by atoms with van der Waals surface area (Å²) in [5, 5.41) is 17.8. The minimum atomic E-state index is -0.532. The molecule has 0 spiro atoms. The van der Waals surface area contributed by atoms with E-state index in [9.17, 15) is 0 Å². The topological polar surface area (TPSA) is 71.1 Å². The van der Waals surface area contributed by atoms with E-state index in [1.54, 1.807) is 0 Å². The first-order valence-electron chi connectivity index (χ1n) is 49.6. The predicted octanol–water partition coefficient (Wildman–Crippen LogP) is 38.7. The molecule has 4 heterocycles. The highest BCUT2D eigenvalue weighted by atomic mass is 35.5. The Morgan fingerprint density at radius 1 is 0.170 bits per heavy atom. The molecule has 7 nitrogen and oxygen atoms in total. The van der Waals surface area contributed by atoms with Crippen LogP contribution in [0.25, 0.3) is 143 Å². The van der Waals surface area contributed by atoms with Crippen LogP contribution in [0.1, 0.15) is 74.2 Å². The first kappa shape index (κ1) is 87.8. The van der Waals surface area contributed by atoms with Crippen molar-refractivity contribution in [2.75, 3.05) is 15.1 Å². The molecule has 147 heavy (non-hydrogen) atoms. The largest absolute Gasteiger partial charge is 0.456 e. The Bertz CT molecular complexity index is 9270. The summed E-state index contributed by atoms with van der Waals surface area (Å²) in [4.78, 5) is 4.71.